The highest BCUT2D eigenvalue weighted by Gasteiger charge is 2.05. The maximum Gasteiger partial charge on any atom is 0.306 e. The molecular weight excluding hydrogens is 226 g/mol. The molecule has 100 valence electrons. The van der Waals surface area contributed by atoms with Crippen LogP contribution in [0.2, 0.25) is 0 Å². The topological polar surface area (TPSA) is 52.3 Å². The van der Waals surface area contributed by atoms with Crippen molar-refractivity contribution in [1.29, 1.82) is 0 Å². The highest BCUT2D eigenvalue weighted by Crippen LogP contribution is 2.13. The van der Waals surface area contributed by atoms with Gasteiger partial charge in [0.2, 0.25) is 0 Å². The zero-order chi connectivity index (χ0) is 13.4. The Kier molecular flexibility index (Phi) is 6.26. The molecule has 0 spiro atoms. The van der Waals surface area contributed by atoms with E-state index >= 15 is 0 Å². The number of nitrogen functional groups attached to an aromatic ring is 1. The van der Waals surface area contributed by atoms with Gasteiger partial charge in [-0.15, -0.1) is 0 Å². The molecule has 0 heterocycles. The summed E-state index contributed by atoms with van der Waals surface area (Å²) >= 11 is 0. The van der Waals surface area contributed by atoms with E-state index in [-0.39, 0.29) is 5.97 Å². The van der Waals surface area contributed by atoms with Gasteiger partial charge in [0, 0.05) is 12.1 Å². The third-order valence-electron chi connectivity index (χ3n) is 2.84. The van der Waals surface area contributed by atoms with Gasteiger partial charge in [0.05, 0.1) is 6.61 Å². The fraction of sp³-hybridized carbons (Fsp3) is 0.533. The molecular formula is C15H23NO2. The van der Waals surface area contributed by atoms with Gasteiger partial charge < -0.3 is 10.5 Å². The molecule has 0 bridgehead atoms. The van der Waals surface area contributed by atoms with Crippen molar-refractivity contribution in [3.05, 3.63) is 29.8 Å². The molecule has 0 saturated carbocycles. The Balaban J connectivity index is 2.19. The lowest BCUT2D eigenvalue weighted by Gasteiger charge is -2.07. The summed E-state index contributed by atoms with van der Waals surface area (Å²) in [4.78, 5) is 11.5. The molecule has 0 aliphatic heterocycles. The maximum absolute atomic E-state index is 11.5. The molecule has 0 unspecified atom stereocenters. The Bertz CT molecular complexity index is 375. The second-order valence-corrected chi connectivity index (χ2v) is 4.96. The van der Waals surface area contributed by atoms with E-state index in [0.717, 1.165) is 24.1 Å². The molecule has 1 aromatic rings. The molecule has 0 atom stereocenters. The largest absolute Gasteiger partial charge is 0.466 e. The van der Waals surface area contributed by atoms with E-state index in [1.54, 1.807) is 0 Å². The first-order valence-electron chi connectivity index (χ1n) is 6.58. The van der Waals surface area contributed by atoms with E-state index in [9.17, 15) is 4.79 Å². The van der Waals surface area contributed by atoms with Gasteiger partial charge in [0.15, 0.2) is 0 Å². The van der Waals surface area contributed by atoms with Crippen molar-refractivity contribution in [3.8, 4) is 0 Å². The Labute approximate surface area is 109 Å². The summed E-state index contributed by atoms with van der Waals surface area (Å²) in [6.45, 7) is 4.86. The van der Waals surface area contributed by atoms with Crippen molar-refractivity contribution in [3.63, 3.8) is 0 Å². The number of anilines is 1. The van der Waals surface area contributed by atoms with Crippen LogP contribution in [0.5, 0.6) is 0 Å². The van der Waals surface area contributed by atoms with Crippen molar-refractivity contribution in [2.75, 3.05) is 12.3 Å². The van der Waals surface area contributed by atoms with Gasteiger partial charge >= 0.3 is 5.97 Å². The van der Waals surface area contributed by atoms with E-state index in [0.29, 0.717) is 25.4 Å². The van der Waals surface area contributed by atoms with Crippen LogP contribution in [0.1, 0.15) is 38.7 Å². The number of aryl methyl sites for hydroxylation is 1. The van der Waals surface area contributed by atoms with Crippen LogP contribution in [-0.2, 0) is 16.0 Å². The van der Waals surface area contributed by atoms with E-state index in [1.165, 1.54) is 0 Å². The minimum absolute atomic E-state index is 0.137. The van der Waals surface area contributed by atoms with Crippen molar-refractivity contribution < 1.29 is 9.53 Å². The van der Waals surface area contributed by atoms with Gasteiger partial charge in [-0.1, -0.05) is 32.0 Å². The summed E-state index contributed by atoms with van der Waals surface area (Å²) in [5.74, 6) is 0.523. The lowest BCUT2D eigenvalue weighted by Crippen LogP contribution is -2.08. The Morgan fingerprint density at radius 1 is 1.33 bits per heavy atom. The van der Waals surface area contributed by atoms with Crippen LogP contribution in [0.25, 0.3) is 0 Å². The molecule has 0 aromatic heterocycles. The number of hydrogen-bond acceptors (Lipinski definition) is 3. The summed E-state index contributed by atoms with van der Waals surface area (Å²) in [6.07, 6.45) is 3.08. The van der Waals surface area contributed by atoms with Crippen molar-refractivity contribution >= 4 is 11.7 Å². The monoisotopic (exact) mass is 249 g/mol. The van der Waals surface area contributed by atoms with E-state index < -0.39 is 0 Å². The Morgan fingerprint density at radius 3 is 2.72 bits per heavy atom. The molecule has 0 amide bonds. The van der Waals surface area contributed by atoms with Crippen LogP contribution in [0, 0.1) is 5.92 Å². The average molecular weight is 249 g/mol. The van der Waals surface area contributed by atoms with Crippen LogP contribution in [0.15, 0.2) is 24.3 Å². The second-order valence-electron chi connectivity index (χ2n) is 4.96. The number of benzene rings is 1. The van der Waals surface area contributed by atoms with Gasteiger partial charge in [0.25, 0.3) is 0 Å². The number of carbonyl (C=O) groups excluding carboxylic acids is 1. The van der Waals surface area contributed by atoms with Gasteiger partial charge in [-0.05, 0) is 36.8 Å². The van der Waals surface area contributed by atoms with Crippen LogP contribution in [0.3, 0.4) is 0 Å². The minimum atomic E-state index is -0.137. The first kappa shape index (κ1) is 14.6. The number of hydrogen-bond donors (Lipinski definition) is 1. The number of esters is 1. The first-order chi connectivity index (χ1) is 8.59. The third kappa shape index (κ3) is 5.71. The van der Waals surface area contributed by atoms with Crippen LogP contribution < -0.4 is 5.73 Å². The summed E-state index contributed by atoms with van der Waals surface area (Å²) in [6, 6.07) is 7.62. The maximum atomic E-state index is 11.5. The highest BCUT2D eigenvalue weighted by molar-refractivity contribution is 5.70. The van der Waals surface area contributed by atoms with Crippen molar-refractivity contribution in [2.45, 2.75) is 39.5 Å². The molecule has 18 heavy (non-hydrogen) atoms. The van der Waals surface area contributed by atoms with Crippen LogP contribution in [0.4, 0.5) is 5.69 Å². The summed E-state index contributed by atoms with van der Waals surface area (Å²) in [5.41, 5.74) is 7.56. The Morgan fingerprint density at radius 2 is 2.06 bits per heavy atom. The highest BCUT2D eigenvalue weighted by atomic mass is 16.5. The number of para-hydroxylation sites is 1. The smallest absolute Gasteiger partial charge is 0.306 e. The molecule has 0 aliphatic rings. The molecule has 0 radical (unpaired) electrons. The number of nitrogens with two attached hydrogens (primary N) is 1. The number of rotatable bonds is 7. The lowest BCUT2D eigenvalue weighted by molar-refractivity contribution is -0.143. The van der Waals surface area contributed by atoms with Crippen molar-refractivity contribution in [2.24, 2.45) is 5.92 Å². The first-order valence-corrected chi connectivity index (χ1v) is 6.58. The fourth-order valence-electron chi connectivity index (χ4n) is 1.75. The van der Waals surface area contributed by atoms with Gasteiger partial charge in [-0.2, -0.15) is 0 Å². The molecule has 1 rings (SSSR count). The zero-order valence-electron chi connectivity index (χ0n) is 11.3. The third-order valence-corrected chi connectivity index (χ3v) is 2.84. The zero-order valence-corrected chi connectivity index (χ0v) is 11.3. The van der Waals surface area contributed by atoms with Gasteiger partial charge in [-0.3, -0.25) is 4.79 Å². The molecule has 0 saturated heterocycles. The molecule has 0 aliphatic carbocycles. The van der Waals surface area contributed by atoms with Crippen LogP contribution in [-0.4, -0.2) is 12.6 Å². The van der Waals surface area contributed by atoms with E-state index in [4.69, 9.17) is 10.5 Å². The fourth-order valence-corrected chi connectivity index (χ4v) is 1.75. The van der Waals surface area contributed by atoms with Crippen molar-refractivity contribution in [1.82, 2.24) is 0 Å². The van der Waals surface area contributed by atoms with Gasteiger partial charge in [0.1, 0.15) is 0 Å². The summed E-state index contributed by atoms with van der Waals surface area (Å²) < 4.78 is 5.17. The van der Waals surface area contributed by atoms with E-state index in [2.05, 4.69) is 13.8 Å². The average Bonchev–Trinajstić information content (AvgIpc) is 2.33. The predicted octanol–water partition coefficient (Wildman–Crippen LogP) is 3.18. The molecule has 3 nitrogen and oxygen atoms in total. The van der Waals surface area contributed by atoms with Gasteiger partial charge in [-0.25, -0.2) is 0 Å². The SMILES string of the molecule is CC(C)CCCOC(=O)CCc1ccccc1N. The number of carbonyl (C=O) groups is 1. The van der Waals surface area contributed by atoms with Crippen LogP contribution >= 0.6 is 0 Å². The molecule has 3 heteroatoms. The summed E-state index contributed by atoms with van der Waals surface area (Å²) in [7, 11) is 0. The molecule has 1 aromatic carbocycles. The second kappa shape index (κ2) is 7.75. The standard InChI is InChI=1S/C15H23NO2/c1-12(2)6-5-11-18-15(17)10-9-13-7-3-4-8-14(13)16/h3-4,7-8,12H,5-6,9-11,16H2,1-2H3. The minimum Gasteiger partial charge on any atom is -0.466 e. The number of ether oxygens (including phenoxy) is 1. The molecule has 2 N–H and O–H groups in total. The van der Waals surface area contributed by atoms with E-state index in [1.807, 2.05) is 24.3 Å². The quantitative estimate of drug-likeness (QED) is 0.459. The Hall–Kier alpha value is -1.51. The normalized spacial score (nSPS) is 10.6. The predicted molar refractivity (Wildman–Crippen MR) is 74.2 cm³/mol. The molecule has 0 fully saturated rings. The summed E-state index contributed by atoms with van der Waals surface area (Å²) in [5, 5.41) is 0. The lowest BCUT2D eigenvalue weighted by atomic mass is 10.1.